The molecule has 2 atom stereocenters. The molecule has 0 aromatic heterocycles. The van der Waals surface area contributed by atoms with E-state index in [4.69, 9.17) is 32.7 Å². The summed E-state index contributed by atoms with van der Waals surface area (Å²) >= 11 is 12.4. The van der Waals surface area contributed by atoms with Crippen LogP contribution in [0, 0.1) is 0 Å². The molecule has 0 bridgehead atoms. The Hall–Kier alpha value is -2.69. The number of nitrogens with zero attached hydrogens (tertiary/aromatic N) is 2. The fourth-order valence-electron chi connectivity index (χ4n) is 3.78. The maximum Gasteiger partial charge on any atom is 0.244 e. The number of anilines is 1. The van der Waals surface area contributed by atoms with Crippen LogP contribution in [0.25, 0.3) is 0 Å². The zero-order valence-electron chi connectivity index (χ0n) is 22.5. The van der Waals surface area contributed by atoms with E-state index in [2.05, 4.69) is 5.32 Å². The summed E-state index contributed by atoms with van der Waals surface area (Å²) in [5.74, 6) is -0.327. The van der Waals surface area contributed by atoms with Gasteiger partial charge in [-0.15, -0.1) is 0 Å². The maximum atomic E-state index is 13.9. The Kier molecular flexibility index (Phi) is 11.5. The molecule has 0 saturated heterocycles. The number of hydrogen-bond acceptors (Lipinski definition) is 6. The van der Waals surface area contributed by atoms with E-state index in [0.717, 1.165) is 10.6 Å². The van der Waals surface area contributed by atoms with Gasteiger partial charge in [-0.2, -0.15) is 0 Å². The first-order valence-electron chi connectivity index (χ1n) is 12.1. The molecule has 1 N–H and O–H groups in total. The summed E-state index contributed by atoms with van der Waals surface area (Å²) in [6, 6.07) is 8.51. The fourth-order valence-corrected chi connectivity index (χ4v) is 5.09. The summed E-state index contributed by atoms with van der Waals surface area (Å²) in [4.78, 5) is 28.4. The number of carbonyl (C=O) groups is 2. The van der Waals surface area contributed by atoms with Crippen molar-refractivity contribution in [3.05, 3.63) is 52.0 Å². The van der Waals surface area contributed by atoms with E-state index in [0.29, 0.717) is 34.2 Å². The molecule has 0 aliphatic heterocycles. The van der Waals surface area contributed by atoms with Crippen LogP contribution < -0.4 is 19.1 Å². The molecule has 38 heavy (non-hydrogen) atoms. The number of benzene rings is 2. The first-order chi connectivity index (χ1) is 17.9. The average Bonchev–Trinajstić information content (AvgIpc) is 2.86. The van der Waals surface area contributed by atoms with E-state index >= 15 is 0 Å². The highest BCUT2D eigenvalue weighted by Gasteiger charge is 2.33. The summed E-state index contributed by atoms with van der Waals surface area (Å²) in [6.07, 6.45) is 1.99. The second kappa shape index (κ2) is 13.9. The number of sulfonamides is 1. The summed E-state index contributed by atoms with van der Waals surface area (Å²) in [5, 5.41) is 3.66. The number of nitrogens with one attached hydrogen (secondary N) is 1. The number of methoxy groups -OCH3 is 2. The standard InChI is InChI=1S/C26H35Cl2N3O6S/c1-7-17(3)29-26(33)22(8-2)30(15-18-9-10-19(27)13-21(18)28)25(32)16-31(38(6,34)35)23-14-20(36-4)11-12-24(23)37-5/h9-14,17,22H,7-8,15-16H2,1-6H3,(H,29,33)/t17-,22+/m1/s1. The minimum atomic E-state index is -3.96. The first kappa shape index (κ1) is 31.5. The monoisotopic (exact) mass is 587 g/mol. The molecule has 0 spiro atoms. The van der Waals surface area contributed by atoms with Gasteiger partial charge in [-0.25, -0.2) is 8.42 Å². The van der Waals surface area contributed by atoms with Gasteiger partial charge >= 0.3 is 0 Å². The second-order valence-electron chi connectivity index (χ2n) is 8.81. The van der Waals surface area contributed by atoms with Crippen LogP contribution in [0.15, 0.2) is 36.4 Å². The Labute approximate surface area is 235 Å². The molecule has 2 aromatic rings. The third-order valence-corrected chi connectivity index (χ3v) is 7.79. The van der Waals surface area contributed by atoms with Crippen LogP contribution in [0.2, 0.25) is 10.0 Å². The van der Waals surface area contributed by atoms with Gasteiger partial charge in [0, 0.05) is 28.7 Å². The summed E-state index contributed by atoms with van der Waals surface area (Å²) in [6.45, 7) is 4.97. The lowest BCUT2D eigenvalue weighted by molar-refractivity contribution is -0.140. The highest BCUT2D eigenvalue weighted by molar-refractivity contribution is 7.92. The van der Waals surface area contributed by atoms with Gasteiger partial charge in [-0.3, -0.25) is 13.9 Å². The molecule has 9 nitrogen and oxygen atoms in total. The Morgan fingerprint density at radius 3 is 2.24 bits per heavy atom. The number of hydrogen-bond donors (Lipinski definition) is 1. The highest BCUT2D eigenvalue weighted by Crippen LogP contribution is 2.34. The molecule has 0 fully saturated rings. The van der Waals surface area contributed by atoms with Crippen molar-refractivity contribution in [3.8, 4) is 11.5 Å². The zero-order valence-corrected chi connectivity index (χ0v) is 24.8. The van der Waals surface area contributed by atoms with Crippen LogP contribution in [-0.2, 0) is 26.2 Å². The number of carbonyl (C=O) groups excluding carboxylic acids is 2. The first-order valence-corrected chi connectivity index (χ1v) is 14.7. The lowest BCUT2D eigenvalue weighted by Gasteiger charge is -2.33. The van der Waals surface area contributed by atoms with Gasteiger partial charge in [0.2, 0.25) is 21.8 Å². The number of amides is 2. The van der Waals surface area contributed by atoms with Gasteiger partial charge in [-0.1, -0.05) is 43.1 Å². The van der Waals surface area contributed by atoms with Crippen molar-refractivity contribution in [2.24, 2.45) is 0 Å². The predicted octanol–water partition coefficient (Wildman–Crippen LogP) is 4.50. The number of rotatable bonds is 13. The predicted molar refractivity (Wildman–Crippen MR) is 151 cm³/mol. The molecule has 0 unspecified atom stereocenters. The molecule has 2 aromatic carbocycles. The molecule has 2 amide bonds. The minimum absolute atomic E-state index is 0.0336. The van der Waals surface area contributed by atoms with Gasteiger partial charge in [0.25, 0.3) is 0 Å². The molecule has 0 aliphatic carbocycles. The molecular formula is C26H35Cl2N3O6S. The van der Waals surface area contributed by atoms with Crippen LogP contribution >= 0.6 is 23.2 Å². The Morgan fingerprint density at radius 2 is 1.71 bits per heavy atom. The number of ether oxygens (including phenoxy) is 2. The van der Waals surface area contributed by atoms with Crippen molar-refractivity contribution in [1.29, 1.82) is 0 Å². The van der Waals surface area contributed by atoms with Crippen LogP contribution in [-0.4, -0.2) is 64.2 Å². The molecule has 0 radical (unpaired) electrons. The lowest BCUT2D eigenvalue weighted by atomic mass is 10.1. The topological polar surface area (TPSA) is 105 Å². The molecule has 0 aliphatic rings. The molecular weight excluding hydrogens is 553 g/mol. The largest absolute Gasteiger partial charge is 0.497 e. The van der Waals surface area contributed by atoms with Crippen LogP contribution in [0.4, 0.5) is 5.69 Å². The van der Waals surface area contributed by atoms with Gasteiger partial charge in [0.15, 0.2) is 0 Å². The van der Waals surface area contributed by atoms with E-state index < -0.39 is 28.5 Å². The van der Waals surface area contributed by atoms with Crippen LogP contribution in [0.3, 0.4) is 0 Å². The number of halogens is 2. The third-order valence-electron chi connectivity index (χ3n) is 6.08. The van der Waals surface area contributed by atoms with E-state index in [-0.39, 0.29) is 29.9 Å². The van der Waals surface area contributed by atoms with Gasteiger partial charge in [-0.05, 0) is 49.6 Å². The Bertz CT molecular complexity index is 1240. The molecule has 2 rings (SSSR count). The summed E-state index contributed by atoms with van der Waals surface area (Å²) < 4.78 is 37.4. The second-order valence-corrected chi connectivity index (χ2v) is 11.6. The maximum absolute atomic E-state index is 13.9. The quantitative estimate of drug-likeness (QED) is 0.370. The van der Waals surface area contributed by atoms with Crippen molar-refractivity contribution < 1.29 is 27.5 Å². The average molecular weight is 589 g/mol. The Morgan fingerprint density at radius 1 is 1.03 bits per heavy atom. The van der Waals surface area contributed by atoms with Crippen molar-refractivity contribution >= 4 is 50.7 Å². The van der Waals surface area contributed by atoms with Gasteiger partial charge in [0.05, 0.1) is 26.2 Å². The van der Waals surface area contributed by atoms with Crippen molar-refractivity contribution in [1.82, 2.24) is 10.2 Å². The normalized spacial score (nSPS) is 12.8. The van der Waals surface area contributed by atoms with Crippen LogP contribution in [0.5, 0.6) is 11.5 Å². The zero-order chi connectivity index (χ0) is 28.6. The lowest BCUT2D eigenvalue weighted by Crippen LogP contribution is -2.53. The van der Waals surface area contributed by atoms with Gasteiger partial charge < -0.3 is 19.7 Å². The van der Waals surface area contributed by atoms with Crippen molar-refractivity contribution in [2.75, 3.05) is 31.3 Å². The van der Waals surface area contributed by atoms with Crippen LogP contribution in [0.1, 0.15) is 39.2 Å². The van der Waals surface area contributed by atoms with Crippen molar-refractivity contribution in [3.63, 3.8) is 0 Å². The summed E-state index contributed by atoms with van der Waals surface area (Å²) in [5.41, 5.74) is 0.688. The highest BCUT2D eigenvalue weighted by atomic mass is 35.5. The van der Waals surface area contributed by atoms with Crippen molar-refractivity contribution in [2.45, 2.75) is 52.2 Å². The molecule has 0 heterocycles. The Balaban J connectivity index is 2.56. The minimum Gasteiger partial charge on any atom is -0.497 e. The third kappa shape index (κ3) is 8.15. The van der Waals surface area contributed by atoms with E-state index in [1.54, 1.807) is 37.3 Å². The molecule has 0 saturated carbocycles. The van der Waals surface area contributed by atoms with Gasteiger partial charge in [0.1, 0.15) is 24.1 Å². The van der Waals surface area contributed by atoms with E-state index in [1.165, 1.54) is 25.2 Å². The SMILES string of the molecule is CC[C@@H](C)NC(=O)[C@H](CC)N(Cc1ccc(Cl)cc1Cl)C(=O)CN(c1cc(OC)ccc1OC)S(C)(=O)=O. The smallest absolute Gasteiger partial charge is 0.244 e. The fraction of sp³-hybridized carbons (Fsp3) is 0.462. The molecule has 210 valence electrons. The van der Waals surface area contributed by atoms with E-state index in [1.807, 2.05) is 13.8 Å². The summed E-state index contributed by atoms with van der Waals surface area (Å²) in [7, 11) is -1.12. The molecule has 12 heteroatoms. The van der Waals surface area contributed by atoms with E-state index in [9.17, 15) is 18.0 Å².